The first-order chi connectivity index (χ1) is 14.0. The topological polar surface area (TPSA) is 75.4 Å². The highest BCUT2D eigenvalue weighted by atomic mass is 19.1. The molecule has 1 aliphatic heterocycles. The Bertz CT molecular complexity index is 1030. The van der Waals surface area contributed by atoms with Crippen molar-refractivity contribution in [1.82, 2.24) is 10.3 Å². The first-order valence-corrected chi connectivity index (χ1v) is 9.04. The number of hydrogen-bond donors (Lipinski definition) is 1. The Kier molecular flexibility index (Phi) is 5.07. The lowest BCUT2D eigenvalue weighted by atomic mass is 10.1. The van der Waals surface area contributed by atoms with E-state index in [-0.39, 0.29) is 37.0 Å². The standard InChI is InChI=1S/C21H17F2N3O3/c22-15-7-16(23)9-17(8-15)26-12-14(6-20(26)27)21(28)25-11-19-24-10-18(29-19)13-4-2-1-3-5-13/h1-5,7-10,14H,6,11-12H2,(H,25,28). The van der Waals surface area contributed by atoms with Crippen molar-refractivity contribution in [2.75, 3.05) is 11.4 Å². The lowest BCUT2D eigenvalue weighted by Gasteiger charge is -2.16. The van der Waals surface area contributed by atoms with Crippen LogP contribution < -0.4 is 10.2 Å². The van der Waals surface area contributed by atoms with Crippen molar-refractivity contribution >= 4 is 17.5 Å². The monoisotopic (exact) mass is 397 g/mol. The molecular weight excluding hydrogens is 380 g/mol. The van der Waals surface area contributed by atoms with Crippen molar-refractivity contribution in [2.45, 2.75) is 13.0 Å². The number of amides is 2. The van der Waals surface area contributed by atoms with Crippen LogP contribution in [0, 0.1) is 17.6 Å². The normalized spacial score (nSPS) is 16.3. The van der Waals surface area contributed by atoms with E-state index in [0.717, 1.165) is 23.8 Å². The number of oxazole rings is 1. The number of benzene rings is 2. The Balaban J connectivity index is 1.37. The van der Waals surface area contributed by atoms with Crippen LogP contribution in [0.25, 0.3) is 11.3 Å². The molecule has 148 valence electrons. The molecule has 2 amide bonds. The molecule has 6 nitrogen and oxygen atoms in total. The Morgan fingerprint density at radius 3 is 2.62 bits per heavy atom. The number of aromatic nitrogens is 1. The van der Waals surface area contributed by atoms with Crippen molar-refractivity contribution < 1.29 is 22.8 Å². The molecule has 29 heavy (non-hydrogen) atoms. The van der Waals surface area contributed by atoms with Crippen molar-refractivity contribution in [3.8, 4) is 11.3 Å². The fourth-order valence-corrected chi connectivity index (χ4v) is 3.26. The van der Waals surface area contributed by atoms with Gasteiger partial charge < -0.3 is 14.6 Å². The van der Waals surface area contributed by atoms with Gasteiger partial charge in [-0.15, -0.1) is 0 Å². The molecule has 1 N–H and O–H groups in total. The highest BCUT2D eigenvalue weighted by Crippen LogP contribution is 2.27. The molecule has 1 aromatic heterocycles. The third-order valence-corrected chi connectivity index (χ3v) is 4.68. The number of rotatable bonds is 5. The van der Waals surface area contributed by atoms with Gasteiger partial charge in [0.25, 0.3) is 0 Å². The smallest absolute Gasteiger partial charge is 0.227 e. The van der Waals surface area contributed by atoms with Crippen LogP contribution in [0.5, 0.6) is 0 Å². The average molecular weight is 397 g/mol. The van der Waals surface area contributed by atoms with E-state index in [1.807, 2.05) is 30.3 Å². The minimum Gasteiger partial charge on any atom is -0.439 e. The van der Waals surface area contributed by atoms with E-state index in [1.165, 1.54) is 4.90 Å². The van der Waals surface area contributed by atoms with Gasteiger partial charge in [0.15, 0.2) is 5.76 Å². The maximum Gasteiger partial charge on any atom is 0.227 e. The summed E-state index contributed by atoms with van der Waals surface area (Å²) in [6.07, 6.45) is 1.54. The third kappa shape index (κ3) is 4.16. The summed E-state index contributed by atoms with van der Waals surface area (Å²) in [7, 11) is 0. The number of halogens is 2. The molecule has 1 aliphatic rings. The van der Waals surface area contributed by atoms with Crippen molar-refractivity contribution in [2.24, 2.45) is 5.92 Å². The summed E-state index contributed by atoms with van der Waals surface area (Å²) in [5.74, 6) is -1.97. The molecule has 1 saturated heterocycles. The quantitative estimate of drug-likeness (QED) is 0.717. The Hall–Kier alpha value is -3.55. The maximum absolute atomic E-state index is 13.4. The van der Waals surface area contributed by atoms with Crippen LogP contribution in [0.4, 0.5) is 14.5 Å². The molecule has 8 heteroatoms. The minimum atomic E-state index is -0.779. The van der Waals surface area contributed by atoms with Crippen molar-refractivity contribution in [1.29, 1.82) is 0 Å². The van der Waals surface area contributed by atoms with Crippen LogP contribution in [0.3, 0.4) is 0 Å². The van der Waals surface area contributed by atoms with E-state index in [2.05, 4.69) is 10.3 Å². The summed E-state index contributed by atoms with van der Waals surface area (Å²) in [4.78, 5) is 30.0. The first kappa shape index (κ1) is 18.8. The molecule has 3 aromatic rings. The summed E-state index contributed by atoms with van der Waals surface area (Å²) in [5.41, 5.74) is 0.972. The molecule has 1 atom stereocenters. The second-order valence-electron chi connectivity index (χ2n) is 6.74. The zero-order valence-corrected chi connectivity index (χ0v) is 15.3. The molecule has 0 aliphatic carbocycles. The van der Waals surface area contributed by atoms with E-state index >= 15 is 0 Å². The lowest BCUT2D eigenvalue weighted by molar-refractivity contribution is -0.126. The Morgan fingerprint density at radius 2 is 1.90 bits per heavy atom. The first-order valence-electron chi connectivity index (χ1n) is 9.04. The zero-order valence-electron chi connectivity index (χ0n) is 15.3. The van der Waals surface area contributed by atoms with Crippen molar-refractivity contribution in [3.63, 3.8) is 0 Å². The highest BCUT2D eigenvalue weighted by Gasteiger charge is 2.35. The number of carbonyl (C=O) groups excluding carboxylic acids is 2. The second kappa shape index (κ2) is 7.83. The van der Waals surface area contributed by atoms with Gasteiger partial charge in [0.1, 0.15) is 11.6 Å². The Morgan fingerprint density at radius 1 is 1.17 bits per heavy atom. The van der Waals surface area contributed by atoms with E-state index < -0.39 is 17.6 Å². The van der Waals surface area contributed by atoms with Crippen LogP contribution in [0.2, 0.25) is 0 Å². The molecule has 2 heterocycles. The number of carbonyl (C=O) groups is 2. The van der Waals surface area contributed by atoms with Gasteiger partial charge in [-0.3, -0.25) is 9.59 Å². The summed E-state index contributed by atoms with van der Waals surface area (Å²) >= 11 is 0. The van der Waals surface area contributed by atoms with Gasteiger partial charge in [0, 0.05) is 30.3 Å². The number of nitrogens with zero attached hydrogens (tertiary/aromatic N) is 2. The molecule has 2 aromatic carbocycles. The minimum absolute atomic E-state index is 0.0369. The molecule has 1 fully saturated rings. The third-order valence-electron chi connectivity index (χ3n) is 4.68. The molecule has 0 spiro atoms. The lowest BCUT2D eigenvalue weighted by Crippen LogP contribution is -2.32. The van der Waals surface area contributed by atoms with Gasteiger partial charge in [0.05, 0.1) is 18.7 Å². The summed E-state index contributed by atoms with van der Waals surface area (Å²) in [5, 5.41) is 2.70. The summed E-state index contributed by atoms with van der Waals surface area (Å²) < 4.78 is 32.5. The fraction of sp³-hybridized carbons (Fsp3) is 0.190. The van der Waals surface area contributed by atoms with E-state index in [1.54, 1.807) is 6.20 Å². The zero-order chi connectivity index (χ0) is 20.4. The fourth-order valence-electron chi connectivity index (χ4n) is 3.26. The molecule has 1 unspecified atom stereocenters. The molecule has 4 rings (SSSR count). The van der Waals surface area contributed by atoms with Gasteiger partial charge >= 0.3 is 0 Å². The predicted molar refractivity (Wildman–Crippen MR) is 101 cm³/mol. The van der Waals surface area contributed by atoms with Crippen LogP contribution in [-0.4, -0.2) is 23.3 Å². The molecular formula is C21H17F2N3O3. The molecule has 0 radical (unpaired) electrons. The largest absolute Gasteiger partial charge is 0.439 e. The number of anilines is 1. The van der Waals surface area contributed by atoms with Crippen LogP contribution in [0.15, 0.2) is 59.1 Å². The highest BCUT2D eigenvalue weighted by molar-refractivity contribution is 6.00. The average Bonchev–Trinajstić information content (AvgIpc) is 3.33. The van der Waals surface area contributed by atoms with E-state index in [0.29, 0.717) is 11.7 Å². The van der Waals surface area contributed by atoms with Gasteiger partial charge in [-0.05, 0) is 12.1 Å². The van der Waals surface area contributed by atoms with Gasteiger partial charge in [-0.2, -0.15) is 0 Å². The van der Waals surface area contributed by atoms with Crippen LogP contribution in [0.1, 0.15) is 12.3 Å². The summed E-state index contributed by atoms with van der Waals surface area (Å²) in [6.45, 7) is 0.124. The van der Waals surface area contributed by atoms with Crippen LogP contribution in [-0.2, 0) is 16.1 Å². The number of nitrogens with one attached hydrogen (secondary N) is 1. The Labute approximate surface area is 165 Å². The van der Waals surface area contributed by atoms with Gasteiger partial charge in [0.2, 0.25) is 17.7 Å². The van der Waals surface area contributed by atoms with E-state index in [4.69, 9.17) is 4.42 Å². The maximum atomic E-state index is 13.4. The van der Waals surface area contributed by atoms with E-state index in [9.17, 15) is 18.4 Å². The van der Waals surface area contributed by atoms with Crippen molar-refractivity contribution in [3.05, 3.63) is 72.3 Å². The second-order valence-corrected chi connectivity index (χ2v) is 6.74. The molecule has 0 bridgehead atoms. The van der Waals surface area contributed by atoms with Gasteiger partial charge in [-0.25, -0.2) is 13.8 Å². The number of hydrogen-bond acceptors (Lipinski definition) is 4. The molecule has 0 saturated carbocycles. The van der Waals surface area contributed by atoms with Gasteiger partial charge in [-0.1, -0.05) is 30.3 Å². The SMILES string of the molecule is O=C(NCc1ncc(-c2ccccc2)o1)C1CC(=O)N(c2cc(F)cc(F)c2)C1. The predicted octanol–water partition coefficient (Wildman–Crippen LogP) is 3.29. The summed E-state index contributed by atoms with van der Waals surface area (Å²) in [6, 6.07) is 12.3. The van der Waals surface area contributed by atoms with Crippen LogP contribution >= 0.6 is 0 Å².